The second kappa shape index (κ2) is 8.16. The molecule has 0 spiro atoms. The zero-order valence-electron chi connectivity index (χ0n) is 13.9. The second-order valence-electron chi connectivity index (χ2n) is 5.83. The van der Waals surface area contributed by atoms with Gasteiger partial charge >= 0.3 is 0 Å². The lowest BCUT2D eigenvalue weighted by Crippen LogP contribution is -2.21. The smallest absolute Gasteiger partial charge is 0.218 e. The number of Topliss-reactive ketones (excluding diaryl/α,β-unsaturated/α-hetero) is 1. The van der Waals surface area contributed by atoms with Crippen molar-refractivity contribution in [2.45, 2.75) is 13.3 Å². The molecule has 26 heavy (non-hydrogen) atoms. The van der Waals surface area contributed by atoms with Gasteiger partial charge in [0.15, 0.2) is 0 Å². The van der Waals surface area contributed by atoms with Crippen LogP contribution in [0.15, 0.2) is 57.8 Å². The topological polar surface area (TPSA) is 20.3 Å². The first-order valence-electron chi connectivity index (χ1n) is 8.07. The van der Waals surface area contributed by atoms with Gasteiger partial charge in [0.05, 0.1) is 9.28 Å². The molecule has 6 heteroatoms. The summed E-state index contributed by atoms with van der Waals surface area (Å²) in [6.07, 6.45) is 0.812. The first-order chi connectivity index (χ1) is 12.4. The summed E-state index contributed by atoms with van der Waals surface area (Å²) in [5.41, 5.74) is 2.54. The van der Waals surface area contributed by atoms with Gasteiger partial charge in [0.2, 0.25) is 5.78 Å². The molecule has 0 radical (unpaired) electrons. The van der Waals surface area contributed by atoms with Crippen LogP contribution in [-0.2, 0) is 4.79 Å². The van der Waals surface area contributed by atoms with Crippen molar-refractivity contribution in [2.75, 3.05) is 6.54 Å². The van der Waals surface area contributed by atoms with E-state index in [0.717, 1.165) is 6.42 Å². The summed E-state index contributed by atoms with van der Waals surface area (Å²) in [5, 5.41) is 0. The molecule has 0 bridgehead atoms. The van der Waals surface area contributed by atoms with E-state index < -0.39 is 0 Å². The van der Waals surface area contributed by atoms with Crippen molar-refractivity contribution in [3.63, 3.8) is 0 Å². The minimum atomic E-state index is -0.349. The number of carbonyl (C=O) groups is 1. The third-order valence-electron chi connectivity index (χ3n) is 3.99. The number of hydrogen-bond donors (Lipinski definition) is 0. The van der Waals surface area contributed by atoms with Gasteiger partial charge < -0.3 is 4.90 Å². The monoisotopic (exact) mass is 577 g/mol. The third kappa shape index (κ3) is 3.71. The van der Waals surface area contributed by atoms with Crippen LogP contribution in [0.2, 0.25) is 0 Å². The maximum atomic E-state index is 13.7. The predicted octanol–water partition coefficient (Wildman–Crippen LogP) is 6.17. The highest BCUT2D eigenvalue weighted by Gasteiger charge is 2.36. The van der Waals surface area contributed by atoms with Crippen LogP contribution in [0.5, 0.6) is 0 Å². The summed E-state index contributed by atoms with van der Waals surface area (Å²) in [5.74, 6) is -0.815. The van der Waals surface area contributed by atoms with Crippen molar-refractivity contribution < 1.29 is 13.6 Å². The Morgan fingerprint density at radius 2 is 1.73 bits per heavy atom. The molecular formula is C20H15F2I2NO. The Morgan fingerprint density at radius 1 is 1.08 bits per heavy atom. The van der Waals surface area contributed by atoms with E-state index in [1.165, 1.54) is 24.3 Å². The number of halogens is 4. The number of allylic oxidation sites excluding steroid dienone is 1. The summed E-state index contributed by atoms with van der Waals surface area (Å²) >= 11 is 4.11. The Bertz CT molecular complexity index is 937. The zero-order valence-corrected chi connectivity index (χ0v) is 18.2. The predicted molar refractivity (Wildman–Crippen MR) is 117 cm³/mol. The molecule has 134 valence electrons. The first kappa shape index (κ1) is 19.5. The molecule has 1 heterocycles. The minimum Gasteiger partial charge on any atom is -0.336 e. The molecule has 0 aromatic heterocycles. The average Bonchev–Trinajstić information content (AvgIpc) is 2.85. The van der Waals surface area contributed by atoms with E-state index in [4.69, 9.17) is 0 Å². The number of hydrogen-bond acceptors (Lipinski definition) is 2. The molecule has 0 saturated heterocycles. The molecule has 2 nitrogen and oxygen atoms in total. The van der Waals surface area contributed by atoms with Crippen molar-refractivity contribution >= 4 is 60.2 Å². The lowest BCUT2D eigenvalue weighted by molar-refractivity contribution is -0.111. The Kier molecular flexibility index (Phi) is 6.11. The summed E-state index contributed by atoms with van der Waals surface area (Å²) in [6, 6.07) is 12.4. The molecule has 0 aliphatic carbocycles. The fraction of sp³-hybridized carbons (Fsp3) is 0.150. The fourth-order valence-electron chi connectivity index (χ4n) is 2.91. The first-order valence-corrected chi connectivity index (χ1v) is 10.2. The van der Waals surface area contributed by atoms with Crippen molar-refractivity contribution in [1.29, 1.82) is 0 Å². The number of benzene rings is 2. The number of carbonyl (C=O) groups excluding carboxylic acids is 1. The molecule has 0 unspecified atom stereocenters. The van der Waals surface area contributed by atoms with E-state index in [0.29, 0.717) is 36.2 Å². The molecule has 1 aliphatic rings. The number of nitrogens with zero attached hydrogens (tertiary/aromatic N) is 1. The van der Waals surface area contributed by atoms with E-state index in [-0.39, 0.29) is 17.4 Å². The number of rotatable bonds is 4. The summed E-state index contributed by atoms with van der Waals surface area (Å²) < 4.78 is 28.6. The third-order valence-corrected chi connectivity index (χ3v) is 6.13. The van der Waals surface area contributed by atoms with Crippen molar-refractivity contribution in [3.05, 3.63) is 80.6 Å². The standard InChI is InChI=1S/C20H15F2I2NO/c1-2-9-25-18(13-6-4-8-15(22)11-13)17(24)20(26)19(25)16(23)12-5-3-7-14(21)10-12/h3-8,10-11H,2,9H2,1H3/b19-16+. The molecule has 3 rings (SSSR count). The quantitative estimate of drug-likeness (QED) is 0.321. The van der Waals surface area contributed by atoms with Crippen LogP contribution in [0.25, 0.3) is 9.28 Å². The molecule has 2 aromatic carbocycles. The maximum Gasteiger partial charge on any atom is 0.218 e. The molecular weight excluding hydrogens is 562 g/mol. The van der Waals surface area contributed by atoms with Crippen LogP contribution in [0, 0.1) is 11.6 Å². The van der Waals surface area contributed by atoms with E-state index in [1.807, 2.05) is 34.4 Å². The minimum absolute atomic E-state index is 0.119. The highest BCUT2D eigenvalue weighted by atomic mass is 127. The zero-order chi connectivity index (χ0) is 18.8. The second-order valence-corrected chi connectivity index (χ2v) is 7.98. The molecule has 2 aromatic rings. The van der Waals surface area contributed by atoms with Gasteiger partial charge in [-0.15, -0.1) is 0 Å². The van der Waals surface area contributed by atoms with Crippen LogP contribution in [0.1, 0.15) is 24.5 Å². The van der Waals surface area contributed by atoms with Crippen molar-refractivity contribution in [1.82, 2.24) is 4.90 Å². The van der Waals surface area contributed by atoms with Gasteiger partial charge in [-0.05, 0) is 81.4 Å². The Balaban J connectivity index is 2.17. The Labute approximate surface area is 178 Å². The van der Waals surface area contributed by atoms with Crippen LogP contribution in [0.4, 0.5) is 8.78 Å². The van der Waals surface area contributed by atoms with Gasteiger partial charge in [0.1, 0.15) is 17.3 Å². The van der Waals surface area contributed by atoms with E-state index in [1.54, 1.807) is 24.3 Å². The Morgan fingerprint density at radius 3 is 2.35 bits per heavy atom. The lowest BCUT2D eigenvalue weighted by atomic mass is 10.1. The molecule has 0 saturated carbocycles. The van der Waals surface area contributed by atoms with E-state index >= 15 is 0 Å². The van der Waals surface area contributed by atoms with Crippen LogP contribution in [0.3, 0.4) is 0 Å². The van der Waals surface area contributed by atoms with E-state index in [2.05, 4.69) is 22.6 Å². The summed E-state index contributed by atoms with van der Waals surface area (Å²) in [6.45, 7) is 2.63. The van der Waals surface area contributed by atoms with Gasteiger partial charge in [-0.25, -0.2) is 8.78 Å². The molecule has 0 fully saturated rings. The van der Waals surface area contributed by atoms with Crippen LogP contribution in [-0.4, -0.2) is 17.2 Å². The van der Waals surface area contributed by atoms with Gasteiger partial charge in [-0.1, -0.05) is 31.2 Å². The van der Waals surface area contributed by atoms with Gasteiger partial charge in [0, 0.05) is 15.7 Å². The molecule has 0 N–H and O–H groups in total. The van der Waals surface area contributed by atoms with Crippen molar-refractivity contribution in [2.24, 2.45) is 0 Å². The Hall–Kier alpha value is -1.29. The lowest BCUT2D eigenvalue weighted by Gasteiger charge is -2.24. The fourth-order valence-corrected chi connectivity index (χ4v) is 4.64. The summed E-state index contributed by atoms with van der Waals surface area (Å²) in [4.78, 5) is 14.9. The largest absolute Gasteiger partial charge is 0.336 e. The molecule has 0 amide bonds. The van der Waals surface area contributed by atoms with E-state index in [9.17, 15) is 13.6 Å². The van der Waals surface area contributed by atoms with Gasteiger partial charge in [-0.3, -0.25) is 4.79 Å². The maximum absolute atomic E-state index is 13.7. The molecule has 0 atom stereocenters. The van der Waals surface area contributed by atoms with Crippen LogP contribution < -0.4 is 0 Å². The normalized spacial score (nSPS) is 16.5. The molecule has 1 aliphatic heterocycles. The number of ketones is 1. The van der Waals surface area contributed by atoms with Crippen molar-refractivity contribution in [3.8, 4) is 0 Å². The van der Waals surface area contributed by atoms with Gasteiger partial charge in [0.25, 0.3) is 0 Å². The SMILES string of the molecule is CCCN1C(c2cccc(F)c2)=C(I)C(=O)/C1=C(\I)c1cccc(F)c1. The highest BCUT2D eigenvalue weighted by Crippen LogP contribution is 2.43. The van der Waals surface area contributed by atoms with Gasteiger partial charge in [-0.2, -0.15) is 0 Å². The summed E-state index contributed by atoms with van der Waals surface area (Å²) in [7, 11) is 0. The average molecular weight is 577 g/mol. The van der Waals surface area contributed by atoms with Crippen LogP contribution >= 0.6 is 45.2 Å². The highest BCUT2D eigenvalue weighted by molar-refractivity contribution is 14.1.